The fraction of sp³-hybridized carbons (Fsp3) is 0.733. The third kappa shape index (κ3) is 6.54. The van der Waals surface area contributed by atoms with Crippen LogP contribution in [0.3, 0.4) is 0 Å². The van der Waals surface area contributed by atoms with Gasteiger partial charge in [0.2, 0.25) is 0 Å². The molecule has 2 aliphatic rings. The van der Waals surface area contributed by atoms with Crippen molar-refractivity contribution in [2.24, 2.45) is 0 Å². The van der Waals surface area contributed by atoms with Gasteiger partial charge in [-0.2, -0.15) is 4.31 Å². The minimum atomic E-state index is -5.63. The molecule has 0 aromatic carbocycles. The number of hydrogen-bond donors (Lipinski definition) is 9. The Morgan fingerprint density at radius 2 is 1.58 bits per heavy atom. The van der Waals surface area contributed by atoms with Gasteiger partial charge < -0.3 is 49.9 Å². The van der Waals surface area contributed by atoms with Gasteiger partial charge in [-0.15, -0.1) is 0 Å². The number of hydrogen-bond acceptors (Lipinski definition) is 15. The maximum Gasteiger partial charge on any atom is 0.486 e. The van der Waals surface area contributed by atoms with Crippen molar-refractivity contribution in [1.29, 1.82) is 0 Å². The van der Waals surface area contributed by atoms with Crippen LogP contribution in [0.2, 0.25) is 0 Å². The standard InChI is InChI=1S/C15H24N2O17P2/c18-3-5-8(20)10(22)12(24)14(32-5)33-36(29,34-35(26,27)28)30-4-6-9(21)11(23)13(31-6)17-2-1-7(19)16-15(17)25/h1-2,5-6,8-14,18,20-24H,3-4H2,(H,16,19,25)(H2,26,27,28)/t5-,6-,8-,9-,10+,11-,12-,13-,14?,36?/m1/s1. The number of nitrogens with zero attached hydrogens (tertiary/aromatic N) is 1. The largest absolute Gasteiger partial charge is 0.486 e. The van der Waals surface area contributed by atoms with E-state index in [4.69, 9.17) is 28.3 Å². The van der Waals surface area contributed by atoms with E-state index in [-0.39, 0.29) is 0 Å². The molecule has 2 saturated heterocycles. The van der Waals surface area contributed by atoms with Crippen LogP contribution in [-0.2, 0) is 32.0 Å². The summed E-state index contributed by atoms with van der Waals surface area (Å²) in [6, 6.07) is 0.921. The lowest BCUT2D eigenvalue weighted by molar-refractivity contribution is -0.281. The summed E-state index contributed by atoms with van der Waals surface area (Å²) in [7, 11) is -11.1. The van der Waals surface area contributed by atoms with Crippen molar-refractivity contribution in [2.75, 3.05) is 13.2 Å². The van der Waals surface area contributed by atoms with Crippen molar-refractivity contribution in [2.45, 2.75) is 55.2 Å². The molecule has 36 heavy (non-hydrogen) atoms. The minimum absolute atomic E-state index is 0.714. The van der Waals surface area contributed by atoms with E-state index in [0.717, 1.165) is 12.3 Å². The summed E-state index contributed by atoms with van der Waals surface area (Å²) in [5.41, 5.74) is -1.77. The Kier molecular flexibility index (Phi) is 9.05. The molecular formula is C15H24N2O17P2. The lowest BCUT2D eigenvalue weighted by Gasteiger charge is -2.40. The molecular weight excluding hydrogens is 542 g/mol. The van der Waals surface area contributed by atoms with Gasteiger partial charge in [0.25, 0.3) is 5.56 Å². The molecule has 0 saturated carbocycles. The summed E-state index contributed by atoms with van der Waals surface area (Å²) in [5, 5.41) is 59.3. The van der Waals surface area contributed by atoms with Crippen LogP contribution < -0.4 is 11.2 Å². The SMILES string of the molecule is O=c1ccn([C@@H]2O[C@H](COP(=O)(OC3O[C@H](CO)[C@@H](O)[C@H](O)[C@H]3O)OP(=O)(O)O)[C@@H](O)[C@H]2O)c(=O)[nH]1. The van der Waals surface area contributed by atoms with Crippen molar-refractivity contribution < 1.29 is 72.4 Å². The molecule has 0 aliphatic carbocycles. The Balaban J connectivity index is 1.77. The van der Waals surface area contributed by atoms with Gasteiger partial charge in [-0.05, 0) is 0 Å². The van der Waals surface area contributed by atoms with Crippen LogP contribution in [0.4, 0.5) is 0 Å². The van der Waals surface area contributed by atoms with E-state index in [1.165, 1.54) is 0 Å². The first-order valence-corrected chi connectivity index (χ1v) is 13.0. The molecule has 9 N–H and O–H groups in total. The van der Waals surface area contributed by atoms with Gasteiger partial charge in [0.05, 0.1) is 13.2 Å². The second-order valence-corrected chi connectivity index (χ2v) is 10.7. The quantitative estimate of drug-likeness (QED) is 0.127. The van der Waals surface area contributed by atoms with E-state index in [1.54, 1.807) is 0 Å². The summed E-state index contributed by atoms with van der Waals surface area (Å²) < 4.78 is 48.9. The monoisotopic (exact) mass is 566 g/mol. The molecule has 206 valence electrons. The molecule has 19 nitrogen and oxygen atoms in total. The Bertz CT molecular complexity index is 1120. The number of aromatic nitrogens is 2. The topological polar surface area (TPSA) is 297 Å². The normalized spacial score (nSPS) is 37.1. The van der Waals surface area contributed by atoms with Crippen LogP contribution >= 0.6 is 15.6 Å². The van der Waals surface area contributed by atoms with Crippen molar-refractivity contribution in [1.82, 2.24) is 9.55 Å². The molecule has 1 aromatic rings. The third-order valence-corrected chi connectivity index (χ3v) is 7.73. The first-order valence-electron chi connectivity index (χ1n) is 9.99. The zero-order valence-electron chi connectivity index (χ0n) is 17.9. The average molecular weight is 566 g/mol. The maximum atomic E-state index is 13.0. The van der Waals surface area contributed by atoms with Crippen molar-refractivity contribution in [3.63, 3.8) is 0 Å². The number of ether oxygens (including phenoxy) is 2. The number of H-pyrrole nitrogens is 1. The van der Waals surface area contributed by atoms with Crippen LogP contribution in [0.1, 0.15) is 6.23 Å². The van der Waals surface area contributed by atoms with E-state index < -0.39 is 95.4 Å². The highest BCUT2D eigenvalue weighted by molar-refractivity contribution is 7.61. The smallest absolute Gasteiger partial charge is 0.394 e. The van der Waals surface area contributed by atoms with Gasteiger partial charge in [0.15, 0.2) is 12.5 Å². The molecule has 0 spiro atoms. The van der Waals surface area contributed by atoms with Gasteiger partial charge in [-0.25, -0.2) is 13.9 Å². The average Bonchev–Trinajstić information content (AvgIpc) is 3.05. The zero-order valence-corrected chi connectivity index (χ0v) is 19.6. The highest BCUT2D eigenvalue weighted by atomic mass is 31.3. The lowest BCUT2D eigenvalue weighted by atomic mass is 10.00. The number of phosphoric ester groups is 1. The molecule has 1 aromatic heterocycles. The summed E-state index contributed by atoms with van der Waals surface area (Å²) >= 11 is 0. The van der Waals surface area contributed by atoms with Crippen LogP contribution in [0.25, 0.3) is 0 Å². The Morgan fingerprint density at radius 3 is 2.17 bits per heavy atom. The van der Waals surface area contributed by atoms with Gasteiger partial charge in [0.1, 0.15) is 42.7 Å². The first-order chi connectivity index (χ1) is 16.7. The second kappa shape index (κ2) is 11.2. The van der Waals surface area contributed by atoms with E-state index in [0.29, 0.717) is 4.57 Å². The van der Waals surface area contributed by atoms with Gasteiger partial charge >= 0.3 is 21.3 Å². The molecule has 2 unspecified atom stereocenters. The van der Waals surface area contributed by atoms with Crippen molar-refractivity contribution >= 4 is 15.6 Å². The van der Waals surface area contributed by atoms with E-state index in [9.17, 15) is 49.4 Å². The predicted octanol–water partition coefficient (Wildman–Crippen LogP) is -4.79. The first kappa shape index (κ1) is 29.2. The fourth-order valence-electron chi connectivity index (χ4n) is 3.37. The highest BCUT2D eigenvalue weighted by Gasteiger charge is 2.50. The third-order valence-electron chi connectivity index (χ3n) is 5.15. The molecule has 0 radical (unpaired) electrons. The number of aliphatic hydroxyl groups excluding tert-OH is 6. The predicted molar refractivity (Wildman–Crippen MR) is 109 cm³/mol. The van der Waals surface area contributed by atoms with Gasteiger partial charge in [0, 0.05) is 12.3 Å². The molecule has 2 fully saturated rings. The van der Waals surface area contributed by atoms with Gasteiger partial charge in [-0.1, -0.05) is 0 Å². The molecule has 0 amide bonds. The Hall–Kier alpha value is -1.38. The van der Waals surface area contributed by atoms with Crippen molar-refractivity contribution in [3.05, 3.63) is 33.1 Å². The zero-order chi connectivity index (χ0) is 27.0. The van der Waals surface area contributed by atoms with Crippen LogP contribution in [-0.4, -0.2) is 112 Å². The maximum absolute atomic E-state index is 13.0. The number of aliphatic hydroxyl groups is 6. The van der Waals surface area contributed by atoms with E-state index in [2.05, 4.69) is 4.31 Å². The van der Waals surface area contributed by atoms with Gasteiger partial charge in [-0.3, -0.25) is 23.4 Å². The van der Waals surface area contributed by atoms with Crippen LogP contribution in [0, 0.1) is 0 Å². The lowest BCUT2D eigenvalue weighted by Crippen LogP contribution is -2.59. The van der Waals surface area contributed by atoms with Crippen molar-refractivity contribution in [3.8, 4) is 0 Å². The number of rotatable bonds is 9. The molecule has 0 bridgehead atoms. The summed E-state index contributed by atoms with van der Waals surface area (Å²) in [6.45, 7) is -1.97. The van der Waals surface area contributed by atoms with E-state index >= 15 is 0 Å². The molecule has 3 rings (SSSR count). The summed E-state index contributed by atoms with van der Waals surface area (Å²) in [4.78, 5) is 43.3. The second-order valence-electron chi connectivity index (χ2n) is 7.68. The number of nitrogens with one attached hydrogen (secondary N) is 1. The van der Waals surface area contributed by atoms with E-state index in [1.807, 2.05) is 4.98 Å². The van der Waals surface area contributed by atoms with Crippen LogP contribution in [0.5, 0.6) is 0 Å². The summed E-state index contributed by atoms with van der Waals surface area (Å²) in [6.07, 6.45) is -15.6. The number of phosphoric acid groups is 2. The Labute approximate surface area is 199 Å². The number of aromatic amines is 1. The summed E-state index contributed by atoms with van der Waals surface area (Å²) in [5.74, 6) is 0. The molecule has 21 heteroatoms. The molecule has 2 aliphatic heterocycles. The minimum Gasteiger partial charge on any atom is -0.394 e. The van der Waals surface area contributed by atoms with Crippen LogP contribution in [0.15, 0.2) is 21.9 Å². The Morgan fingerprint density at radius 1 is 0.944 bits per heavy atom. The molecule has 3 heterocycles. The fourth-order valence-corrected chi connectivity index (χ4v) is 5.58. The molecule has 10 atom stereocenters. The highest BCUT2D eigenvalue weighted by Crippen LogP contribution is 2.62.